The highest BCUT2D eigenvalue weighted by Crippen LogP contribution is 2.25. The molecule has 8 nitrogen and oxygen atoms in total. The molecule has 1 aromatic carbocycles. The minimum Gasteiger partial charge on any atom is -0.395 e. The number of fused-ring (bicyclic) bond motifs is 1. The Bertz CT molecular complexity index is 860. The Hall–Kier alpha value is -2.16. The first-order valence-electron chi connectivity index (χ1n) is 9.74. The summed E-state index contributed by atoms with van der Waals surface area (Å²) < 4.78 is 1.77. The molecule has 1 atom stereocenters. The molecule has 0 aliphatic carbocycles. The zero-order valence-corrected chi connectivity index (χ0v) is 17.9. The van der Waals surface area contributed by atoms with Crippen molar-refractivity contribution in [3.05, 3.63) is 28.9 Å². The molecule has 2 aromatic rings. The predicted octanol–water partition coefficient (Wildman–Crippen LogP) is 1.68. The van der Waals surface area contributed by atoms with Crippen molar-refractivity contribution < 1.29 is 14.7 Å². The Labute approximate surface area is 175 Å². The maximum absolute atomic E-state index is 13.1. The molecule has 5 N–H and O–H groups in total. The van der Waals surface area contributed by atoms with E-state index in [1.165, 1.54) is 0 Å². The molecule has 0 radical (unpaired) electrons. The third kappa shape index (κ3) is 5.91. The van der Waals surface area contributed by atoms with Crippen molar-refractivity contribution in [2.24, 2.45) is 11.1 Å². The summed E-state index contributed by atoms with van der Waals surface area (Å²) in [5.41, 5.74) is 6.06. The lowest BCUT2D eigenvalue weighted by Gasteiger charge is -2.30. The smallest absolute Gasteiger partial charge is 0.273 e. The number of amides is 2. The van der Waals surface area contributed by atoms with Gasteiger partial charge in [0.1, 0.15) is 6.04 Å². The van der Waals surface area contributed by atoms with E-state index < -0.39 is 17.4 Å². The first kappa shape index (κ1) is 23.1. The number of hydrogen-bond acceptors (Lipinski definition) is 5. The van der Waals surface area contributed by atoms with Crippen molar-refractivity contribution in [1.29, 1.82) is 0 Å². The highest BCUT2D eigenvalue weighted by molar-refractivity contribution is 6.31. The van der Waals surface area contributed by atoms with Crippen molar-refractivity contribution in [3.63, 3.8) is 0 Å². The van der Waals surface area contributed by atoms with Gasteiger partial charge in [0, 0.05) is 23.5 Å². The largest absolute Gasteiger partial charge is 0.395 e. The summed E-state index contributed by atoms with van der Waals surface area (Å²) in [5, 5.41) is 20.0. The fourth-order valence-corrected chi connectivity index (χ4v) is 3.22. The highest BCUT2D eigenvalue weighted by Gasteiger charge is 2.33. The zero-order chi connectivity index (χ0) is 21.6. The molecule has 29 heavy (non-hydrogen) atoms. The molecular formula is C20H30ClN5O3. The molecule has 2 rings (SSSR count). The van der Waals surface area contributed by atoms with E-state index in [2.05, 4.69) is 15.7 Å². The number of aliphatic hydroxyl groups excluding tert-OH is 1. The lowest BCUT2D eigenvalue weighted by molar-refractivity contribution is -0.125. The Kier molecular flexibility index (Phi) is 8.01. The number of hydrogen-bond donors (Lipinski definition) is 4. The number of nitrogens with two attached hydrogens (primary N) is 1. The number of aryl methyl sites for hydroxylation is 1. The number of unbranched alkanes of at least 4 members (excludes halogenated alkanes) is 1. The van der Waals surface area contributed by atoms with Crippen molar-refractivity contribution >= 4 is 34.3 Å². The van der Waals surface area contributed by atoms with Gasteiger partial charge >= 0.3 is 0 Å². The van der Waals surface area contributed by atoms with Gasteiger partial charge in [-0.2, -0.15) is 5.10 Å². The summed E-state index contributed by atoms with van der Waals surface area (Å²) in [7, 11) is 0. The third-order valence-electron chi connectivity index (χ3n) is 4.57. The molecule has 0 aliphatic rings. The molecule has 160 valence electrons. The van der Waals surface area contributed by atoms with E-state index in [9.17, 15) is 9.59 Å². The van der Waals surface area contributed by atoms with Crippen molar-refractivity contribution in [2.45, 2.75) is 46.2 Å². The Balaban J connectivity index is 2.34. The van der Waals surface area contributed by atoms with E-state index in [0.717, 1.165) is 18.4 Å². The van der Waals surface area contributed by atoms with Crippen LogP contribution in [-0.2, 0) is 11.3 Å². The number of rotatable bonds is 9. The van der Waals surface area contributed by atoms with Crippen LogP contribution in [0.15, 0.2) is 18.2 Å². The van der Waals surface area contributed by atoms with Crippen LogP contribution in [-0.4, -0.2) is 52.4 Å². The van der Waals surface area contributed by atoms with E-state index in [4.69, 9.17) is 22.4 Å². The van der Waals surface area contributed by atoms with Crippen LogP contribution in [0.2, 0.25) is 5.02 Å². The van der Waals surface area contributed by atoms with Crippen molar-refractivity contribution in [3.8, 4) is 0 Å². The molecule has 1 aromatic heterocycles. The topological polar surface area (TPSA) is 122 Å². The molecule has 2 amide bonds. The highest BCUT2D eigenvalue weighted by atomic mass is 35.5. The van der Waals surface area contributed by atoms with E-state index >= 15 is 0 Å². The summed E-state index contributed by atoms with van der Waals surface area (Å²) >= 11 is 6.14. The number of aliphatic hydroxyl groups is 1. The standard InChI is InChI=1S/C20H30ClN5O3/c1-20(2,3)17(19(29)23-9-11-27)24-18(28)16-14-12-13(21)6-7-15(14)26(25-16)10-5-4-8-22/h6-7,12,17,27H,4-5,8-11,22H2,1-3H3,(H,23,29)(H,24,28). The van der Waals surface area contributed by atoms with Gasteiger partial charge in [0.05, 0.1) is 12.1 Å². The number of nitrogens with zero attached hydrogens (tertiary/aromatic N) is 2. The van der Waals surface area contributed by atoms with Gasteiger partial charge in [-0.3, -0.25) is 14.3 Å². The number of benzene rings is 1. The molecule has 0 spiro atoms. The summed E-state index contributed by atoms with van der Waals surface area (Å²) in [4.78, 5) is 25.6. The minimum absolute atomic E-state index is 0.121. The van der Waals surface area contributed by atoms with Gasteiger partial charge in [0.15, 0.2) is 5.69 Å². The molecule has 0 saturated carbocycles. The molecule has 1 unspecified atom stereocenters. The maximum atomic E-state index is 13.1. The molecule has 0 aliphatic heterocycles. The van der Waals surface area contributed by atoms with Gasteiger partial charge in [-0.25, -0.2) is 0 Å². The maximum Gasteiger partial charge on any atom is 0.273 e. The van der Waals surface area contributed by atoms with Crippen LogP contribution in [0.4, 0.5) is 0 Å². The molecule has 0 fully saturated rings. The van der Waals surface area contributed by atoms with Gasteiger partial charge in [0.25, 0.3) is 5.91 Å². The van der Waals surface area contributed by atoms with Gasteiger partial charge in [-0.1, -0.05) is 32.4 Å². The lowest BCUT2D eigenvalue weighted by atomic mass is 9.86. The van der Waals surface area contributed by atoms with Crippen molar-refractivity contribution in [1.82, 2.24) is 20.4 Å². The average molecular weight is 424 g/mol. The number of carbonyl (C=O) groups is 2. The second kappa shape index (κ2) is 10.0. The van der Waals surface area contributed by atoms with Crippen LogP contribution in [0.3, 0.4) is 0 Å². The summed E-state index contributed by atoms with van der Waals surface area (Å²) in [6.45, 7) is 6.74. The lowest BCUT2D eigenvalue weighted by Crippen LogP contribution is -2.54. The van der Waals surface area contributed by atoms with Crippen LogP contribution in [0.5, 0.6) is 0 Å². The summed E-state index contributed by atoms with van der Waals surface area (Å²) in [5.74, 6) is -0.807. The first-order chi connectivity index (χ1) is 13.7. The van der Waals surface area contributed by atoms with E-state index in [0.29, 0.717) is 23.5 Å². The first-order valence-corrected chi connectivity index (χ1v) is 10.1. The summed E-state index contributed by atoms with van der Waals surface area (Å²) in [6, 6.07) is 4.50. The summed E-state index contributed by atoms with van der Waals surface area (Å²) in [6.07, 6.45) is 1.69. The van der Waals surface area contributed by atoms with Crippen LogP contribution >= 0.6 is 11.6 Å². The monoisotopic (exact) mass is 423 g/mol. The SMILES string of the molecule is CC(C)(C)C(NC(=O)c1nn(CCCCN)c2ccc(Cl)cc12)C(=O)NCCO. The third-order valence-corrected chi connectivity index (χ3v) is 4.80. The molecule has 1 heterocycles. The van der Waals surface area contributed by atoms with Crippen molar-refractivity contribution in [2.75, 3.05) is 19.7 Å². The normalized spacial score (nSPS) is 12.8. The molecule has 0 bridgehead atoms. The molecular weight excluding hydrogens is 394 g/mol. The van der Waals surface area contributed by atoms with Gasteiger partial charge < -0.3 is 21.5 Å². The number of nitrogens with one attached hydrogen (secondary N) is 2. The number of halogens is 1. The number of aromatic nitrogens is 2. The second-order valence-electron chi connectivity index (χ2n) is 8.02. The van der Waals surface area contributed by atoms with Crippen LogP contribution in [0.1, 0.15) is 44.1 Å². The van der Waals surface area contributed by atoms with E-state index in [-0.39, 0.29) is 24.8 Å². The zero-order valence-electron chi connectivity index (χ0n) is 17.2. The Morgan fingerprint density at radius 3 is 2.66 bits per heavy atom. The van der Waals surface area contributed by atoms with Gasteiger partial charge in [-0.15, -0.1) is 0 Å². The van der Waals surface area contributed by atoms with Gasteiger partial charge in [0.2, 0.25) is 5.91 Å². The minimum atomic E-state index is -0.793. The van der Waals surface area contributed by atoms with Crippen LogP contribution in [0, 0.1) is 5.41 Å². The average Bonchev–Trinajstić information content (AvgIpc) is 3.01. The Morgan fingerprint density at radius 1 is 1.31 bits per heavy atom. The van der Waals surface area contributed by atoms with Crippen LogP contribution < -0.4 is 16.4 Å². The fourth-order valence-electron chi connectivity index (χ4n) is 3.05. The van der Waals surface area contributed by atoms with E-state index in [1.807, 2.05) is 26.8 Å². The van der Waals surface area contributed by atoms with Gasteiger partial charge in [-0.05, 0) is 43.0 Å². The number of carbonyl (C=O) groups excluding carboxylic acids is 2. The fraction of sp³-hybridized carbons (Fsp3) is 0.550. The second-order valence-corrected chi connectivity index (χ2v) is 8.45. The Morgan fingerprint density at radius 2 is 2.03 bits per heavy atom. The predicted molar refractivity (Wildman–Crippen MR) is 114 cm³/mol. The van der Waals surface area contributed by atoms with E-state index in [1.54, 1.807) is 16.8 Å². The quantitative estimate of drug-likeness (QED) is 0.457. The molecule has 9 heteroatoms. The molecule has 0 saturated heterocycles. The van der Waals surface area contributed by atoms with Crippen LogP contribution in [0.25, 0.3) is 10.9 Å².